The number of thiazole rings is 1. The number of aliphatic imine (C=N–C) groups is 2. The van der Waals surface area contributed by atoms with Gasteiger partial charge in [0.1, 0.15) is 10.8 Å². The van der Waals surface area contributed by atoms with Crippen molar-refractivity contribution < 1.29 is 22.4 Å². The Kier molecular flexibility index (Phi) is 6.50. The average Bonchev–Trinajstić information content (AvgIpc) is 3.39. The SMILES string of the molecule is CCNC(=O)NC1=NCC(C2=CN=CC(c3n[nH]c(=O)o3)C2)=C(c2nc(C(F)(F)F)c(C)s2)C1. The lowest BCUT2D eigenvalue weighted by atomic mass is 9.88. The maximum absolute atomic E-state index is 13.4. The standard InChI is InChI=1S/C20H20F3N7O3S/c1-3-25-18(31)27-14-5-12(17-28-15(9(2)34-17)20(21,22)23)13(8-26-14)10-4-11(7-24-6-10)16-29-30-19(32)33-16/h6-7,11H,3-5,8H2,1-2H3,(H,30,32)(H2,25,26,27,31). The van der Waals surface area contributed by atoms with Crippen molar-refractivity contribution in [1.82, 2.24) is 25.8 Å². The zero-order chi connectivity index (χ0) is 24.5. The van der Waals surface area contributed by atoms with Crippen molar-refractivity contribution >= 4 is 35.0 Å². The van der Waals surface area contributed by atoms with Gasteiger partial charge in [0.05, 0.1) is 12.5 Å². The Balaban J connectivity index is 1.70. The minimum atomic E-state index is -4.58. The van der Waals surface area contributed by atoms with Gasteiger partial charge in [0, 0.05) is 35.8 Å². The first-order chi connectivity index (χ1) is 16.2. The minimum Gasteiger partial charge on any atom is -0.392 e. The van der Waals surface area contributed by atoms with E-state index in [1.54, 1.807) is 19.3 Å². The number of amidine groups is 1. The third-order valence-corrected chi connectivity index (χ3v) is 6.18. The molecule has 0 radical (unpaired) electrons. The van der Waals surface area contributed by atoms with Gasteiger partial charge in [-0.3, -0.25) is 15.3 Å². The van der Waals surface area contributed by atoms with E-state index in [4.69, 9.17) is 4.42 Å². The number of hydrogen-bond acceptors (Lipinski definition) is 8. The third kappa shape index (κ3) is 5.00. The van der Waals surface area contributed by atoms with E-state index < -0.39 is 29.6 Å². The highest BCUT2D eigenvalue weighted by atomic mass is 32.1. The van der Waals surface area contributed by atoms with Gasteiger partial charge in [0.25, 0.3) is 0 Å². The van der Waals surface area contributed by atoms with Crippen LogP contribution in [0.5, 0.6) is 0 Å². The number of halogens is 3. The molecule has 10 nitrogen and oxygen atoms in total. The first-order valence-corrected chi connectivity index (χ1v) is 11.1. The van der Waals surface area contributed by atoms with Crippen molar-refractivity contribution in [3.05, 3.63) is 49.4 Å². The van der Waals surface area contributed by atoms with Crippen LogP contribution in [0.3, 0.4) is 0 Å². The molecule has 2 aromatic heterocycles. The molecule has 0 saturated heterocycles. The molecular weight excluding hydrogens is 475 g/mol. The topological polar surface area (TPSA) is 138 Å². The number of carbonyl (C=O) groups is 1. The summed E-state index contributed by atoms with van der Waals surface area (Å²) in [6, 6.07) is -0.453. The molecule has 2 aliphatic rings. The highest BCUT2D eigenvalue weighted by Crippen LogP contribution is 2.40. The van der Waals surface area contributed by atoms with E-state index in [9.17, 15) is 22.8 Å². The summed E-state index contributed by atoms with van der Waals surface area (Å²) in [5.41, 5.74) is 0.946. The lowest BCUT2D eigenvalue weighted by Gasteiger charge is -2.23. The summed E-state index contributed by atoms with van der Waals surface area (Å²) in [5, 5.41) is 11.5. The Bertz CT molecular complexity index is 1280. The number of H-pyrrole nitrogens is 1. The number of nitrogens with zero attached hydrogens (tertiary/aromatic N) is 4. The fraction of sp³-hybridized carbons (Fsp3) is 0.400. The number of hydrogen-bond donors (Lipinski definition) is 3. The summed E-state index contributed by atoms with van der Waals surface area (Å²) >= 11 is 0.932. The van der Waals surface area contributed by atoms with Crippen molar-refractivity contribution in [1.29, 1.82) is 0 Å². The van der Waals surface area contributed by atoms with Crippen LogP contribution in [-0.2, 0) is 6.18 Å². The van der Waals surface area contributed by atoms with Crippen LogP contribution in [0.4, 0.5) is 18.0 Å². The van der Waals surface area contributed by atoms with Crippen LogP contribution in [0.15, 0.2) is 36.5 Å². The van der Waals surface area contributed by atoms with E-state index in [-0.39, 0.29) is 28.7 Å². The van der Waals surface area contributed by atoms with Gasteiger partial charge in [-0.25, -0.2) is 19.7 Å². The second kappa shape index (κ2) is 9.37. The molecule has 14 heteroatoms. The van der Waals surface area contributed by atoms with E-state index >= 15 is 0 Å². The Morgan fingerprint density at radius 3 is 2.79 bits per heavy atom. The normalized spacial score (nSPS) is 18.6. The van der Waals surface area contributed by atoms with Gasteiger partial charge in [-0.2, -0.15) is 13.2 Å². The Labute approximate surface area is 194 Å². The number of aryl methyl sites for hydroxylation is 1. The molecular formula is C20H20F3N7O3S. The number of alkyl halides is 3. The van der Waals surface area contributed by atoms with Crippen molar-refractivity contribution in [2.75, 3.05) is 13.1 Å². The van der Waals surface area contributed by atoms with Crippen LogP contribution in [0.2, 0.25) is 0 Å². The number of aromatic nitrogens is 3. The molecule has 0 spiro atoms. The van der Waals surface area contributed by atoms with Gasteiger partial charge in [-0.1, -0.05) is 0 Å². The van der Waals surface area contributed by atoms with Crippen molar-refractivity contribution in [2.45, 2.75) is 38.8 Å². The van der Waals surface area contributed by atoms with Crippen molar-refractivity contribution in [3.63, 3.8) is 0 Å². The fourth-order valence-corrected chi connectivity index (χ4v) is 4.64. The van der Waals surface area contributed by atoms with Crippen molar-refractivity contribution in [2.24, 2.45) is 9.98 Å². The van der Waals surface area contributed by atoms with Crippen LogP contribution in [-0.4, -0.2) is 46.4 Å². The number of carbonyl (C=O) groups excluding carboxylic acids is 1. The molecule has 34 heavy (non-hydrogen) atoms. The minimum absolute atomic E-state index is 0.0434. The molecule has 4 rings (SSSR count). The highest BCUT2D eigenvalue weighted by Gasteiger charge is 2.37. The highest BCUT2D eigenvalue weighted by molar-refractivity contribution is 7.12. The molecule has 2 amide bonds. The Morgan fingerprint density at radius 1 is 1.35 bits per heavy atom. The molecule has 1 atom stereocenters. The number of dihydropyridines is 1. The molecule has 0 aromatic carbocycles. The molecule has 2 aliphatic heterocycles. The number of urea groups is 1. The lowest BCUT2D eigenvalue weighted by molar-refractivity contribution is -0.141. The molecule has 3 N–H and O–H groups in total. The first kappa shape index (κ1) is 23.6. The van der Waals surface area contributed by atoms with Gasteiger partial charge in [-0.05, 0) is 31.4 Å². The second-order valence-corrected chi connectivity index (χ2v) is 8.72. The van der Waals surface area contributed by atoms with Gasteiger partial charge in [0.2, 0.25) is 5.89 Å². The van der Waals surface area contributed by atoms with Crippen LogP contribution in [0.25, 0.3) is 5.57 Å². The Morgan fingerprint density at radius 2 is 2.15 bits per heavy atom. The number of aromatic amines is 1. The molecule has 0 fully saturated rings. The zero-order valence-corrected chi connectivity index (χ0v) is 18.9. The lowest BCUT2D eigenvalue weighted by Crippen LogP contribution is -2.40. The summed E-state index contributed by atoms with van der Waals surface area (Å²) in [5.74, 6) is -0.652. The Hall–Kier alpha value is -3.55. The number of nitrogens with one attached hydrogen (secondary N) is 3. The molecule has 4 heterocycles. The smallest absolute Gasteiger partial charge is 0.392 e. The fourth-order valence-electron chi connectivity index (χ4n) is 3.64. The van der Waals surface area contributed by atoms with Crippen LogP contribution < -0.4 is 16.4 Å². The average molecular weight is 495 g/mol. The molecule has 0 aliphatic carbocycles. The van der Waals surface area contributed by atoms with Crippen LogP contribution >= 0.6 is 11.3 Å². The van der Waals surface area contributed by atoms with Crippen LogP contribution in [0.1, 0.15) is 47.2 Å². The summed E-state index contributed by atoms with van der Waals surface area (Å²) in [6.45, 7) is 3.64. The molecule has 0 bridgehead atoms. The zero-order valence-electron chi connectivity index (χ0n) is 18.1. The molecule has 1 unspecified atom stereocenters. The number of amides is 2. The monoisotopic (exact) mass is 495 g/mol. The maximum atomic E-state index is 13.4. The van der Waals surface area contributed by atoms with Gasteiger partial charge < -0.3 is 9.73 Å². The molecule has 180 valence electrons. The van der Waals surface area contributed by atoms with E-state index in [1.165, 1.54) is 6.92 Å². The van der Waals surface area contributed by atoms with Crippen molar-refractivity contribution in [3.8, 4) is 0 Å². The third-order valence-electron chi connectivity index (χ3n) is 5.15. The van der Waals surface area contributed by atoms with Gasteiger partial charge >= 0.3 is 18.0 Å². The predicted octanol–water partition coefficient (Wildman–Crippen LogP) is 3.16. The van der Waals surface area contributed by atoms with Gasteiger partial charge in [0.15, 0.2) is 5.69 Å². The number of rotatable bonds is 4. The second-order valence-electron chi connectivity index (χ2n) is 7.52. The van der Waals surface area contributed by atoms with Gasteiger partial charge in [-0.15, -0.1) is 16.4 Å². The summed E-state index contributed by atoms with van der Waals surface area (Å²) in [4.78, 5) is 35.9. The van der Waals surface area contributed by atoms with E-state index in [0.29, 0.717) is 35.5 Å². The van der Waals surface area contributed by atoms with E-state index in [0.717, 1.165) is 11.3 Å². The first-order valence-electron chi connectivity index (χ1n) is 10.3. The summed E-state index contributed by atoms with van der Waals surface area (Å²) in [6.07, 6.45) is -0.978. The summed E-state index contributed by atoms with van der Waals surface area (Å²) in [7, 11) is 0. The molecule has 2 aromatic rings. The summed E-state index contributed by atoms with van der Waals surface area (Å²) < 4.78 is 45.3. The maximum Gasteiger partial charge on any atom is 0.434 e. The largest absolute Gasteiger partial charge is 0.434 e. The quantitative estimate of drug-likeness (QED) is 0.598. The van der Waals surface area contributed by atoms with E-state index in [1.807, 2.05) is 0 Å². The molecule has 0 saturated carbocycles. The van der Waals surface area contributed by atoms with Crippen LogP contribution in [0, 0.1) is 6.92 Å². The predicted molar refractivity (Wildman–Crippen MR) is 119 cm³/mol. The van der Waals surface area contributed by atoms with E-state index in [2.05, 4.69) is 35.8 Å².